The van der Waals surface area contributed by atoms with Crippen LogP contribution in [0.4, 0.5) is 0 Å². The first-order valence-electron chi connectivity index (χ1n) is 0. The molecule has 0 aliphatic rings. The van der Waals surface area contributed by atoms with E-state index in [0.29, 0.717) is 0 Å². The standard InChI is InChI=1S/44U. The number of hydrogen-bond acceptors (Lipinski definition) is 0. The van der Waals surface area contributed by atoms with Gasteiger partial charge in [0.25, 0.3) is 0 Å². The quantitative estimate of drug-likeness (QED) is 0.321. The number of hydrogen-bond donors (Lipinski definition) is 0. The molecule has 0 spiro atoms. The first kappa shape index (κ1) is 336. The number of rotatable bonds is 0. The molecule has 0 aliphatic carbocycles. The minimum atomic E-state index is 0. The molecule has 0 amide bonds. The molecule has 0 aromatic carbocycles. The second kappa shape index (κ2) is 325. The van der Waals surface area contributed by atoms with Crippen LogP contribution >= 0.6 is 0 Å². The summed E-state index contributed by atoms with van der Waals surface area (Å²) in [5, 5.41) is 0. The third kappa shape index (κ3) is 314. The largest absolute Gasteiger partial charge is 0 e. The van der Waals surface area contributed by atoms with Gasteiger partial charge >= 0.3 is 0 Å². The summed E-state index contributed by atoms with van der Waals surface area (Å²) in [5.41, 5.74) is 0. The van der Waals surface area contributed by atoms with Gasteiger partial charge in [0.1, 0.15) is 0 Å². The summed E-state index contributed by atoms with van der Waals surface area (Å²) in [7, 11) is 0. The SMILES string of the molecule is [U].[U].[U].[U].[U].[U].[U].[U].[U].[U].[U].[U].[U].[U].[U].[U].[U].[U].[U].[U].[U].[U].[U].[U].[U].[U].[U].[U].[U].[U].[U].[U].[U].[U].[U].[U].[U].[U].[U].[U].[U].[U].[U].[U]. The van der Waals surface area contributed by atoms with Crippen molar-refractivity contribution in [2.45, 2.75) is 0 Å². The van der Waals surface area contributed by atoms with E-state index in [1.165, 1.54) is 0 Å². The van der Waals surface area contributed by atoms with E-state index in [-0.39, 0.29) is 1370 Å². The Morgan fingerprint density at radius 2 is 0.0227 bits per heavy atom. The third-order valence-corrected chi connectivity index (χ3v) is 0. The molecule has 0 unspecified atom stereocenters. The summed E-state index contributed by atoms with van der Waals surface area (Å²) in [6, 6.07) is 0. The summed E-state index contributed by atoms with van der Waals surface area (Å²) < 4.78 is 0. The van der Waals surface area contributed by atoms with Crippen LogP contribution in [0, 0.1) is 1370 Å². The van der Waals surface area contributed by atoms with Gasteiger partial charge in [-0.2, -0.15) is 0 Å². The van der Waals surface area contributed by atoms with Gasteiger partial charge in [-0.3, -0.25) is 0 Å². The summed E-state index contributed by atoms with van der Waals surface area (Å²) >= 11 is 0. The van der Waals surface area contributed by atoms with Gasteiger partial charge in [0.05, 0.1) is 0 Å². The maximum atomic E-state index is 0. The van der Waals surface area contributed by atoms with Gasteiger partial charge in [-0.25, -0.2) is 0 Å². The molecular weight excluding hydrogens is 10500 g/mol. The first-order chi connectivity index (χ1) is 0. The molecule has 0 fully saturated rings. The molecule has 0 rings (SSSR count). The molecule has 0 saturated carbocycles. The van der Waals surface area contributed by atoms with Gasteiger partial charge in [-0.1, -0.05) is 0 Å². The zero-order valence-corrected chi connectivity index (χ0v) is 205. The molecule has 0 aromatic heterocycles. The summed E-state index contributed by atoms with van der Waals surface area (Å²) in [4.78, 5) is 0. The maximum Gasteiger partial charge on any atom is 0 e. The fraction of sp³-hybridized carbons (Fsp3) is 0. The predicted molar refractivity (Wildman–Crippen MR) is 0 cm³/mol. The van der Waals surface area contributed by atoms with Crippen molar-refractivity contribution < 1.29 is 1370 Å². The van der Waals surface area contributed by atoms with Gasteiger partial charge in [0.2, 0.25) is 0 Å². The Hall–Kier alpha value is 46.3. The van der Waals surface area contributed by atoms with Crippen molar-refractivity contribution in [3.05, 3.63) is 0 Å². The van der Waals surface area contributed by atoms with E-state index in [9.17, 15) is 0 Å². The Balaban J connectivity index is 0. The van der Waals surface area contributed by atoms with Crippen LogP contribution in [0.15, 0.2) is 0 Å². The van der Waals surface area contributed by atoms with Gasteiger partial charge in [0.15, 0.2) is 0 Å². The van der Waals surface area contributed by atoms with Crippen molar-refractivity contribution in [3.8, 4) is 0 Å². The van der Waals surface area contributed by atoms with Crippen LogP contribution in [-0.2, 0) is 0 Å². The Labute approximate surface area is 1320 Å². The monoisotopic (exact) mass is 10500 g/mol. The minimum Gasteiger partial charge on any atom is 0 e. The predicted octanol–water partition coefficient (Wildman–Crippen LogP) is 0. The van der Waals surface area contributed by atoms with Crippen LogP contribution in [-0.4, -0.2) is 0 Å². The molecule has 0 heterocycles. The van der Waals surface area contributed by atoms with E-state index in [0.717, 1.165) is 0 Å². The third-order valence-electron chi connectivity index (χ3n) is 0. The van der Waals surface area contributed by atoms with E-state index in [1.54, 1.807) is 0 Å². The Kier molecular flexibility index (Phi) is 2480. The molecule has 44 heteroatoms. The van der Waals surface area contributed by atoms with Crippen molar-refractivity contribution >= 4 is 0 Å². The zero-order chi connectivity index (χ0) is 0. The van der Waals surface area contributed by atoms with Crippen molar-refractivity contribution in [1.29, 1.82) is 0 Å². The second-order valence-corrected chi connectivity index (χ2v) is 0. The van der Waals surface area contributed by atoms with Crippen LogP contribution in [0.2, 0.25) is 0 Å². The van der Waals surface area contributed by atoms with Gasteiger partial charge < -0.3 is 0 Å². The minimum absolute atomic E-state index is 0. The van der Waals surface area contributed by atoms with Crippen molar-refractivity contribution in [2.24, 2.45) is 0 Å². The average Bonchev–Trinajstić information content (AvgIpc) is 0. The fourth-order valence-electron chi connectivity index (χ4n) is 0. The van der Waals surface area contributed by atoms with E-state index >= 15 is 0 Å². The normalized spacial score (nSPS) is 0. The van der Waals surface area contributed by atoms with Gasteiger partial charge in [0, 0.05) is 1370 Å². The summed E-state index contributed by atoms with van der Waals surface area (Å²) in [6.45, 7) is 0. The fourth-order valence-corrected chi connectivity index (χ4v) is 0. The van der Waals surface area contributed by atoms with Crippen molar-refractivity contribution in [2.75, 3.05) is 0 Å². The van der Waals surface area contributed by atoms with Crippen LogP contribution in [0.5, 0.6) is 0 Å². The molecule has 176 valence electrons. The van der Waals surface area contributed by atoms with E-state index in [1.807, 2.05) is 0 Å². The summed E-state index contributed by atoms with van der Waals surface area (Å²) in [5.74, 6) is 0. The molecule has 0 aromatic rings. The molecule has 0 aliphatic heterocycles. The zero-order valence-electron chi connectivity index (χ0n) is 22.0. The molecule has 0 saturated heterocycles. The van der Waals surface area contributed by atoms with Crippen LogP contribution in [0.3, 0.4) is 0 Å². The second-order valence-electron chi connectivity index (χ2n) is 0. The van der Waals surface area contributed by atoms with E-state index in [2.05, 4.69) is 0 Å². The van der Waals surface area contributed by atoms with E-state index in [4.69, 9.17) is 0 Å². The molecule has 0 radical (unpaired) electrons. The molecule has 44 heavy (non-hydrogen) atoms. The van der Waals surface area contributed by atoms with Crippen LogP contribution < -0.4 is 0 Å². The first-order valence-corrected chi connectivity index (χ1v) is 0. The van der Waals surface area contributed by atoms with Crippen molar-refractivity contribution in [3.63, 3.8) is 0 Å². The molecule has 0 N–H and O–H groups in total. The van der Waals surface area contributed by atoms with Crippen LogP contribution in [0.1, 0.15) is 0 Å². The summed E-state index contributed by atoms with van der Waals surface area (Å²) in [6.07, 6.45) is 0. The van der Waals surface area contributed by atoms with Gasteiger partial charge in [-0.05, 0) is 0 Å². The topological polar surface area (TPSA) is 0 Å². The Morgan fingerprint density at radius 1 is 0.0227 bits per heavy atom. The Bertz CT molecular complexity index is 0. The Morgan fingerprint density at radius 3 is 0.0227 bits per heavy atom. The van der Waals surface area contributed by atoms with Crippen molar-refractivity contribution in [1.82, 2.24) is 0 Å². The average molecular weight is 10500 g/mol. The smallest absolute Gasteiger partial charge is 0 e. The molecule has 0 nitrogen and oxygen atoms in total. The molecule has 0 bridgehead atoms. The van der Waals surface area contributed by atoms with Crippen LogP contribution in [0.25, 0.3) is 0 Å². The maximum absolute atomic E-state index is 0. The molecular formula is U44. The molecule has 0 atom stereocenters. The van der Waals surface area contributed by atoms with E-state index < -0.39 is 0 Å². The van der Waals surface area contributed by atoms with Gasteiger partial charge in [-0.15, -0.1) is 0 Å².